The van der Waals surface area contributed by atoms with Gasteiger partial charge in [-0.25, -0.2) is 9.97 Å². The molecule has 4 aromatic heterocycles. The molecule has 5 heterocycles. The number of aromatic nitrogens is 4. The van der Waals surface area contributed by atoms with Gasteiger partial charge < -0.3 is 4.74 Å². The van der Waals surface area contributed by atoms with Crippen LogP contribution in [0.15, 0.2) is 206 Å². The summed E-state index contributed by atoms with van der Waals surface area (Å²) >= 11 is 0. The molecule has 0 atom stereocenters. The van der Waals surface area contributed by atoms with Crippen molar-refractivity contribution >= 4 is 49.1 Å². The lowest BCUT2D eigenvalue weighted by atomic mass is 9.63. The lowest BCUT2D eigenvalue weighted by Crippen LogP contribution is -2.35. The van der Waals surface area contributed by atoms with Gasteiger partial charge in [-0.15, -0.1) is 0 Å². The second kappa shape index (κ2) is 13.9. The van der Waals surface area contributed by atoms with E-state index in [1.807, 2.05) is 6.20 Å². The van der Waals surface area contributed by atoms with Crippen LogP contribution in [0.4, 0.5) is 0 Å². The molecule has 0 amide bonds. The molecule has 0 fully saturated rings. The van der Waals surface area contributed by atoms with Crippen LogP contribution in [-0.4, -0.2) is 18.9 Å². The van der Waals surface area contributed by atoms with E-state index in [0.717, 1.165) is 89.1 Å². The topological polar surface area (TPSA) is 44.3 Å². The molecule has 0 radical (unpaired) electrons. The van der Waals surface area contributed by atoms with Crippen molar-refractivity contribution in [3.8, 4) is 39.8 Å². The maximum absolute atomic E-state index is 6.94. The Morgan fingerprint density at radius 1 is 0.469 bits per heavy atom. The second-order valence-electron chi connectivity index (χ2n) is 17.0. The lowest BCUT2D eigenvalue weighted by molar-refractivity contribution is 0.484. The first-order valence-corrected chi connectivity index (χ1v) is 21.9. The zero-order chi connectivity index (χ0) is 42.5. The molecule has 0 bridgehead atoms. The molecule has 0 aliphatic carbocycles. The molecule has 0 saturated carbocycles. The van der Waals surface area contributed by atoms with E-state index in [4.69, 9.17) is 14.7 Å². The lowest BCUT2D eigenvalue weighted by Gasteiger charge is -2.41. The van der Waals surface area contributed by atoms with Crippen LogP contribution in [0.1, 0.15) is 33.4 Å². The van der Waals surface area contributed by atoms with Crippen LogP contribution >= 0.6 is 0 Å². The molecule has 5 nitrogen and oxygen atoms in total. The van der Waals surface area contributed by atoms with Gasteiger partial charge in [-0.1, -0.05) is 152 Å². The first kappa shape index (κ1) is 36.4. The summed E-state index contributed by atoms with van der Waals surface area (Å²) in [5.41, 5.74) is 15.1. The maximum atomic E-state index is 6.94. The first-order valence-electron chi connectivity index (χ1n) is 21.9. The SMILES string of the molecule is Cc1ccccc1-c1nc2c3cc(Oc4ccc5c6cccc7c6n(c5c4)-c4ncccc4C7(c4ccccc4)c4ccccc4)ccc3c3ccccc3n2c1-c1ccccc1C. The van der Waals surface area contributed by atoms with E-state index in [2.05, 4.69) is 223 Å². The van der Waals surface area contributed by atoms with Crippen molar-refractivity contribution in [1.82, 2.24) is 18.9 Å². The number of pyridine rings is 2. The first-order chi connectivity index (χ1) is 31.6. The van der Waals surface area contributed by atoms with Gasteiger partial charge in [-0.2, -0.15) is 0 Å². The average Bonchev–Trinajstić information content (AvgIpc) is 3.90. The average molecular weight is 821 g/mol. The minimum atomic E-state index is -0.582. The van der Waals surface area contributed by atoms with Crippen LogP contribution in [0, 0.1) is 13.8 Å². The Bertz CT molecular complexity index is 3800. The molecule has 5 heteroatoms. The van der Waals surface area contributed by atoms with Crippen LogP contribution < -0.4 is 4.74 Å². The molecule has 64 heavy (non-hydrogen) atoms. The fraction of sp³-hybridized carbons (Fsp3) is 0.0508. The van der Waals surface area contributed by atoms with Gasteiger partial charge in [0.15, 0.2) is 0 Å². The molecule has 0 spiro atoms. The van der Waals surface area contributed by atoms with E-state index >= 15 is 0 Å². The summed E-state index contributed by atoms with van der Waals surface area (Å²) in [4.78, 5) is 10.8. The Morgan fingerprint density at radius 3 is 1.83 bits per heavy atom. The molecule has 8 aromatic carbocycles. The molecular formula is C59H40N4O. The minimum absolute atomic E-state index is 0.582. The summed E-state index contributed by atoms with van der Waals surface area (Å²) in [5, 5.41) is 5.64. The number of hydrogen-bond acceptors (Lipinski definition) is 3. The van der Waals surface area contributed by atoms with Gasteiger partial charge in [-0.05, 0) is 89.5 Å². The van der Waals surface area contributed by atoms with Gasteiger partial charge in [0.05, 0.1) is 33.4 Å². The Kier molecular flexibility index (Phi) is 7.88. The van der Waals surface area contributed by atoms with E-state index in [-0.39, 0.29) is 0 Å². The smallest absolute Gasteiger partial charge is 0.146 e. The third-order valence-electron chi connectivity index (χ3n) is 13.6. The fourth-order valence-electron chi connectivity index (χ4n) is 10.8. The third-order valence-corrected chi connectivity index (χ3v) is 13.6. The number of para-hydroxylation sites is 2. The van der Waals surface area contributed by atoms with Gasteiger partial charge in [-0.3, -0.25) is 8.97 Å². The van der Waals surface area contributed by atoms with Crippen LogP contribution in [0.25, 0.3) is 77.5 Å². The highest BCUT2D eigenvalue weighted by Gasteiger charge is 2.45. The Hall–Kier alpha value is -8.28. The quantitative estimate of drug-likeness (QED) is 0.157. The molecule has 0 N–H and O–H groups in total. The van der Waals surface area contributed by atoms with Crippen molar-refractivity contribution in [2.75, 3.05) is 0 Å². The van der Waals surface area contributed by atoms with Crippen molar-refractivity contribution in [3.05, 3.63) is 240 Å². The number of aryl methyl sites for hydroxylation is 2. The molecule has 1 aliphatic rings. The van der Waals surface area contributed by atoms with E-state index in [9.17, 15) is 0 Å². The van der Waals surface area contributed by atoms with Crippen LogP contribution in [0.2, 0.25) is 0 Å². The van der Waals surface area contributed by atoms with E-state index in [1.165, 1.54) is 33.2 Å². The van der Waals surface area contributed by atoms with E-state index in [1.54, 1.807) is 0 Å². The van der Waals surface area contributed by atoms with Gasteiger partial charge in [0.2, 0.25) is 0 Å². The van der Waals surface area contributed by atoms with Gasteiger partial charge in [0.25, 0.3) is 0 Å². The number of imidazole rings is 1. The molecule has 13 rings (SSSR count). The largest absolute Gasteiger partial charge is 0.457 e. The van der Waals surface area contributed by atoms with E-state index < -0.39 is 5.41 Å². The normalized spacial score (nSPS) is 13.0. The fourth-order valence-corrected chi connectivity index (χ4v) is 10.8. The predicted octanol–water partition coefficient (Wildman–Crippen LogP) is 14.6. The van der Waals surface area contributed by atoms with Crippen LogP contribution in [0.3, 0.4) is 0 Å². The maximum Gasteiger partial charge on any atom is 0.146 e. The zero-order valence-corrected chi connectivity index (χ0v) is 35.3. The van der Waals surface area contributed by atoms with Gasteiger partial charge in [0.1, 0.15) is 23.0 Å². The van der Waals surface area contributed by atoms with Crippen molar-refractivity contribution in [2.24, 2.45) is 0 Å². The molecule has 0 saturated heterocycles. The standard InChI is InChI=1S/C59H40N4O/c1-37-17-9-11-23-43(37)54-56(44-24-12-10-18-38(44)2)62-52-29-14-13-25-46(52)45-32-30-41(35-49(45)57(62)61-54)64-42-31-33-47-48-26-15-27-50-55(48)63(53(47)36-42)58-51(28-16-34-60-58)59(50,39-19-5-3-6-20-39)40-21-7-4-8-22-40/h3-36H,1-2H3. The second-order valence-corrected chi connectivity index (χ2v) is 17.0. The van der Waals surface area contributed by atoms with Gasteiger partial charge >= 0.3 is 0 Å². The molecule has 302 valence electrons. The predicted molar refractivity (Wildman–Crippen MR) is 261 cm³/mol. The van der Waals surface area contributed by atoms with Gasteiger partial charge in [0, 0.05) is 50.5 Å². The Balaban J connectivity index is 1.03. The Labute approximate surface area is 370 Å². The highest BCUT2D eigenvalue weighted by atomic mass is 16.5. The molecule has 0 unspecified atom stereocenters. The molecular weight excluding hydrogens is 781 g/mol. The third kappa shape index (κ3) is 5.06. The van der Waals surface area contributed by atoms with Crippen molar-refractivity contribution in [2.45, 2.75) is 19.3 Å². The summed E-state index contributed by atoms with van der Waals surface area (Å²) in [6, 6.07) is 71.6. The van der Waals surface area contributed by atoms with Crippen molar-refractivity contribution in [3.63, 3.8) is 0 Å². The van der Waals surface area contributed by atoms with Crippen molar-refractivity contribution < 1.29 is 4.74 Å². The Morgan fingerprint density at radius 2 is 1.08 bits per heavy atom. The van der Waals surface area contributed by atoms with E-state index in [0.29, 0.717) is 0 Å². The highest BCUT2D eigenvalue weighted by Crippen LogP contribution is 2.54. The summed E-state index contributed by atoms with van der Waals surface area (Å²) in [6.07, 6.45) is 1.91. The number of rotatable bonds is 6. The summed E-state index contributed by atoms with van der Waals surface area (Å²) in [5.74, 6) is 2.40. The van der Waals surface area contributed by atoms with Crippen molar-refractivity contribution in [1.29, 1.82) is 0 Å². The summed E-state index contributed by atoms with van der Waals surface area (Å²) < 4.78 is 11.7. The number of nitrogens with zero attached hydrogens (tertiary/aromatic N) is 4. The highest BCUT2D eigenvalue weighted by molar-refractivity contribution is 6.14. The van der Waals surface area contributed by atoms with Crippen LogP contribution in [0.5, 0.6) is 11.5 Å². The summed E-state index contributed by atoms with van der Waals surface area (Å²) in [6.45, 7) is 4.35. The number of fused-ring (bicyclic) bond motifs is 11. The number of ether oxygens (including phenoxy) is 1. The van der Waals surface area contributed by atoms with Crippen LogP contribution in [-0.2, 0) is 5.41 Å². The zero-order valence-electron chi connectivity index (χ0n) is 35.3. The summed E-state index contributed by atoms with van der Waals surface area (Å²) in [7, 11) is 0. The monoisotopic (exact) mass is 820 g/mol. The minimum Gasteiger partial charge on any atom is -0.457 e. The molecule has 12 aromatic rings. The molecule has 1 aliphatic heterocycles. The number of benzene rings is 8. The number of hydrogen-bond donors (Lipinski definition) is 0.